The molecule has 0 aliphatic heterocycles. The van der Waals surface area contributed by atoms with Gasteiger partial charge < -0.3 is 11.1 Å². The van der Waals surface area contributed by atoms with Crippen LogP contribution in [0.5, 0.6) is 0 Å². The van der Waals surface area contributed by atoms with Crippen LogP contribution in [0.3, 0.4) is 0 Å². The summed E-state index contributed by atoms with van der Waals surface area (Å²) in [5.74, 6) is -0.111. The fraction of sp³-hybridized carbons (Fsp3) is 0.300. The van der Waals surface area contributed by atoms with Crippen LogP contribution in [-0.2, 0) is 11.2 Å². The van der Waals surface area contributed by atoms with Crippen molar-refractivity contribution >= 4 is 21.8 Å². The minimum absolute atomic E-state index is 0.0541. The van der Waals surface area contributed by atoms with Crippen LogP contribution in [0, 0.1) is 0 Å². The van der Waals surface area contributed by atoms with Crippen LogP contribution in [-0.4, -0.2) is 19.0 Å². The summed E-state index contributed by atoms with van der Waals surface area (Å²) < 4.78 is 1.06. The Morgan fingerprint density at radius 1 is 1.50 bits per heavy atom. The van der Waals surface area contributed by atoms with Gasteiger partial charge in [0, 0.05) is 11.0 Å². The molecule has 1 amide bonds. The number of amides is 1. The van der Waals surface area contributed by atoms with Crippen molar-refractivity contribution < 1.29 is 4.79 Å². The van der Waals surface area contributed by atoms with Gasteiger partial charge in [0.15, 0.2) is 0 Å². The standard InChI is InChI=1S/C10H13BrN2O/c11-9-3-1-2-8(6-9)4-5-13-10(14)7-12/h1-3,6H,4-5,7,12H2,(H,13,14). The summed E-state index contributed by atoms with van der Waals surface area (Å²) in [6, 6.07) is 8.01. The lowest BCUT2D eigenvalue weighted by molar-refractivity contribution is -0.119. The molecule has 0 aromatic heterocycles. The highest BCUT2D eigenvalue weighted by molar-refractivity contribution is 9.10. The number of nitrogens with two attached hydrogens (primary N) is 1. The molecule has 1 aromatic carbocycles. The topological polar surface area (TPSA) is 55.1 Å². The van der Waals surface area contributed by atoms with Gasteiger partial charge in [-0.3, -0.25) is 4.79 Å². The zero-order valence-electron chi connectivity index (χ0n) is 7.79. The zero-order chi connectivity index (χ0) is 10.4. The molecule has 0 unspecified atom stereocenters. The van der Waals surface area contributed by atoms with Crippen molar-refractivity contribution in [3.8, 4) is 0 Å². The Balaban J connectivity index is 2.35. The second kappa shape index (κ2) is 5.78. The van der Waals surface area contributed by atoms with Gasteiger partial charge in [-0.25, -0.2) is 0 Å². The fourth-order valence-electron chi connectivity index (χ4n) is 1.11. The predicted molar refractivity (Wildman–Crippen MR) is 59.9 cm³/mol. The number of hydrogen-bond acceptors (Lipinski definition) is 2. The molecule has 0 atom stereocenters. The van der Waals surface area contributed by atoms with Gasteiger partial charge in [0.1, 0.15) is 0 Å². The van der Waals surface area contributed by atoms with Crippen molar-refractivity contribution in [2.24, 2.45) is 5.73 Å². The molecule has 0 radical (unpaired) electrons. The summed E-state index contributed by atoms with van der Waals surface area (Å²) in [4.78, 5) is 10.8. The molecular weight excluding hydrogens is 244 g/mol. The molecule has 76 valence electrons. The molecule has 3 nitrogen and oxygen atoms in total. The molecule has 0 aliphatic carbocycles. The predicted octanol–water partition coefficient (Wildman–Crippen LogP) is 1.07. The Bertz CT molecular complexity index is 315. The third kappa shape index (κ3) is 3.89. The monoisotopic (exact) mass is 256 g/mol. The average molecular weight is 257 g/mol. The Hall–Kier alpha value is -0.870. The number of rotatable bonds is 4. The molecule has 4 heteroatoms. The van der Waals surface area contributed by atoms with Crippen LogP contribution < -0.4 is 11.1 Å². The number of halogens is 1. The molecule has 0 bridgehead atoms. The molecule has 1 aromatic rings. The molecule has 14 heavy (non-hydrogen) atoms. The number of nitrogens with one attached hydrogen (secondary N) is 1. The van der Waals surface area contributed by atoms with Crippen molar-refractivity contribution in [3.63, 3.8) is 0 Å². The van der Waals surface area contributed by atoms with E-state index >= 15 is 0 Å². The van der Waals surface area contributed by atoms with E-state index in [2.05, 4.69) is 21.2 Å². The largest absolute Gasteiger partial charge is 0.355 e. The SMILES string of the molecule is NCC(=O)NCCc1cccc(Br)c1. The van der Waals surface area contributed by atoms with E-state index in [-0.39, 0.29) is 12.5 Å². The van der Waals surface area contributed by atoms with Crippen LogP contribution in [0.25, 0.3) is 0 Å². The smallest absolute Gasteiger partial charge is 0.233 e. The van der Waals surface area contributed by atoms with Gasteiger partial charge in [0.25, 0.3) is 0 Å². The second-order valence-corrected chi connectivity index (χ2v) is 3.85. The minimum Gasteiger partial charge on any atom is -0.355 e. The molecule has 0 saturated carbocycles. The molecule has 1 rings (SSSR count). The highest BCUT2D eigenvalue weighted by Crippen LogP contribution is 2.11. The third-order valence-corrected chi connectivity index (χ3v) is 2.30. The maximum atomic E-state index is 10.8. The Morgan fingerprint density at radius 3 is 2.93 bits per heavy atom. The lowest BCUT2D eigenvalue weighted by Gasteiger charge is -2.03. The van der Waals surface area contributed by atoms with Gasteiger partial charge >= 0.3 is 0 Å². The van der Waals surface area contributed by atoms with Crippen LogP contribution in [0.15, 0.2) is 28.7 Å². The number of carbonyl (C=O) groups is 1. The number of benzene rings is 1. The van der Waals surface area contributed by atoms with Gasteiger partial charge in [0.2, 0.25) is 5.91 Å². The van der Waals surface area contributed by atoms with E-state index in [1.165, 1.54) is 5.56 Å². The van der Waals surface area contributed by atoms with Crippen molar-refractivity contribution in [2.45, 2.75) is 6.42 Å². The number of hydrogen-bond donors (Lipinski definition) is 2. The summed E-state index contributed by atoms with van der Waals surface area (Å²) in [5.41, 5.74) is 6.35. The van der Waals surface area contributed by atoms with Crippen LogP contribution >= 0.6 is 15.9 Å². The van der Waals surface area contributed by atoms with Crippen molar-refractivity contribution in [1.29, 1.82) is 0 Å². The normalized spacial score (nSPS) is 9.86. The first-order valence-electron chi connectivity index (χ1n) is 4.43. The maximum absolute atomic E-state index is 10.8. The highest BCUT2D eigenvalue weighted by Gasteiger charge is 1.97. The highest BCUT2D eigenvalue weighted by atomic mass is 79.9. The first-order chi connectivity index (χ1) is 6.72. The summed E-state index contributed by atoms with van der Waals surface area (Å²) >= 11 is 3.39. The fourth-order valence-corrected chi connectivity index (χ4v) is 1.56. The molecule has 3 N–H and O–H groups in total. The Morgan fingerprint density at radius 2 is 2.29 bits per heavy atom. The lowest BCUT2D eigenvalue weighted by Crippen LogP contribution is -2.31. The quantitative estimate of drug-likeness (QED) is 0.847. The van der Waals surface area contributed by atoms with E-state index in [9.17, 15) is 4.79 Å². The van der Waals surface area contributed by atoms with E-state index < -0.39 is 0 Å². The molecule has 0 aliphatic rings. The van der Waals surface area contributed by atoms with E-state index in [1.807, 2.05) is 24.3 Å². The Labute approximate surface area is 91.8 Å². The van der Waals surface area contributed by atoms with Crippen LogP contribution in [0.2, 0.25) is 0 Å². The summed E-state index contributed by atoms with van der Waals surface area (Å²) in [5, 5.41) is 2.72. The van der Waals surface area contributed by atoms with E-state index in [0.717, 1.165) is 10.9 Å². The lowest BCUT2D eigenvalue weighted by atomic mass is 10.1. The van der Waals surface area contributed by atoms with E-state index in [4.69, 9.17) is 5.73 Å². The summed E-state index contributed by atoms with van der Waals surface area (Å²) in [6.45, 7) is 0.685. The van der Waals surface area contributed by atoms with E-state index in [0.29, 0.717) is 6.54 Å². The van der Waals surface area contributed by atoms with Gasteiger partial charge in [-0.2, -0.15) is 0 Å². The molecule has 0 saturated heterocycles. The van der Waals surface area contributed by atoms with E-state index in [1.54, 1.807) is 0 Å². The summed E-state index contributed by atoms with van der Waals surface area (Å²) in [7, 11) is 0. The molecular formula is C10H13BrN2O. The van der Waals surface area contributed by atoms with Gasteiger partial charge in [-0.05, 0) is 24.1 Å². The Kier molecular flexibility index (Phi) is 4.62. The van der Waals surface area contributed by atoms with Crippen LogP contribution in [0.4, 0.5) is 0 Å². The van der Waals surface area contributed by atoms with Crippen LogP contribution in [0.1, 0.15) is 5.56 Å². The zero-order valence-corrected chi connectivity index (χ0v) is 9.38. The first kappa shape index (κ1) is 11.2. The average Bonchev–Trinajstić information content (AvgIpc) is 2.17. The first-order valence-corrected chi connectivity index (χ1v) is 5.23. The van der Waals surface area contributed by atoms with Gasteiger partial charge in [-0.1, -0.05) is 28.1 Å². The van der Waals surface area contributed by atoms with Crippen molar-refractivity contribution in [2.75, 3.05) is 13.1 Å². The van der Waals surface area contributed by atoms with Gasteiger partial charge in [0.05, 0.1) is 6.54 Å². The summed E-state index contributed by atoms with van der Waals surface area (Å²) in [6.07, 6.45) is 0.825. The maximum Gasteiger partial charge on any atom is 0.233 e. The second-order valence-electron chi connectivity index (χ2n) is 2.93. The van der Waals surface area contributed by atoms with Crippen molar-refractivity contribution in [3.05, 3.63) is 34.3 Å². The van der Waals surface area contributed by atoms with Gasteiger partial charge in [-0.15, -0.1) is 0 Å². The number of carbonyl (C=O) groups excluding carboxylic acids is 1. The third-order valence-electron chi connectivity index (χ3n) is 1.81. The molecule has 0 heterocycles. The van der Waals surface area contributed by atoms with Crippen molar-refractivity contribution in [1.82, 2.24) is 5.32 Å². The minimum atomic E-state index is -0.111. The molecule has 0 spiro atoms. The molecule has 0 fully saturated rings.